The molecule has 8 nitrogen and oxygen atoms in total. The first-order valence-electron chi connectivity index (χ1n) is 8.58. The highest BCUT2D eigenvalue weighted by Gasteiger charge is 2.12. The van der Waals surface area contributed by atoms with Crippen LogP contribution >= 0.6 is 0 Å². The van der Waals surface area contributed by atoms with Gasteiger partial charge in [-0.3, -0.25) is 9.98 Å². The highest BCUT2D eigenvalue weighted by atomic mass is 32.2. The van der Waals surface area contributed by atoms with Gasteiger partial charge in [0, 0.05) is 39.1 Å². The summed E-state index contributed by atoms with van der Waals surface area (Å²) in [6, 6.07) is 13.0. The van der Waals surface area contributed by atoms with E-state index in [4.69, 9.17) is 4.74 Å². The molecule has 0 bridgehead atoms. The zero-order chi connectivity index (χ0) is 19.4. The molecule has 0 aliphatic carbocycles. The van der Waals surface area contributed by atoms with Crippen molar-refractivity contribution >= 4 is 16.0 Å². The molecule has 1 aromatic carbocycles. The number of nitrogens with one attached hydrogen (secondary N) is 3. The minimum Gasteiger partial charge on any atom is -0.375 e. The molecule has 0 saturated heterocycles. The summed E-state index contributed by atoms with van der Waals surface area (Å²) in [5.41, 5.74) is 1.13. The molecule has 0 amide bonds. The lowest BCUT2D eigenvalue weighted by atomic mass is 10.2. The third kappa shape index (κ3) is 7.73. The molecule has 0 fully saturated rings. The summed E-state index contributed by atoms with van der Waals surface area (Å²) >= 11 is 0. The molecule has 0 saturated carbocycles. The summed E-state index contributed by atoms with van der Waals surface area (Å²) in [5.74, 6) is 0.582. The van der Waals surface area contributed by atoms with Crippen molar-refractivity contribution in [2.24, 2.45) is 4.99 Å². The molecule has 146 valence electrons. The fraction of sp³-hybridized carbons (Fsp3) is 0.333. The van der Waals surface area contributed by atoms with Gasteiger partial charge >= 0.3 is 0 Å². The Kier molecular flexibility index (Phi) is 8.69. The molecule has 0 radical (unpaired) electrons. The van der Waals surface area contributed by atoms with E-state index in [-0.39, 0.29) is 11.4 Å². The largest absolute Gasteiger partial charge is 0.375 e. The fourth-order valence-corrected chi connectivity index (χ4v) is 3.18. The van der Waals surface area contributed by atoms with Gasteiger partial charge < -0.3 is 15.4 Å². The van der Waals surface area contributed by atoms with Crippen molar-refractivity contribution in [2.45, 2.75) is 11.5 Å². The number of hydrogen-bond acceptors (Lipinski definition) is 5. The fourth-order valence-electron chi connectivity index (χ4n) is 2.18. The Bertz CT molecular complexity index is 798. The van der Waals surface area contributed by atoms with E-state index in [1.54, 1.807) is 13.1 Å². The molecule has 1 heterocycles. The molecule has 9 heteroatoms. The molecule has 2 aromatic rings. The van der Waals surface area contributed by atoms with Crippen molar-refractivity contribution in [1.82, 2.24) is 20.3 Å². The predicted octanol–water partition coefficient (Wildman–Crippen LogP) is 0.742. The molecular formula is C18H25N5O3S. The number of pyridine rings is 1. The number of sulfonamides is 1. The summed E-state index contributed by atoms with van der Waals surface area (Å²) in [4.78, 5) is 8.04. The standard InChI is InChI=1S/C18H25N5O3S/c1-19-18(22-12-13-26-15-16-6-3-2-4-7-16)21-10-11-23-27(24,25)17-8-5-9-20-14-17/h2-9,14,23H,10-13,15H2,1H3,(H2,19,21,22). The number of aliphatic imine (C=N–C) groups is 1. The van der Waals surface area contributed by atoms with E-state index < -0.39 is 10.0 Å². The summed E-state index contributed by atoms with van der Waals surface area (Å²) in [7, 11) is -1.90. The van der Waals surface area contributed by atoms with Crippen LogP contribution in [0.15, 0.2) is 64.7 Å². The summed E-state index contributed by atoms with van der Waals surface area (Å²) in [5, 5.41) is 6.15. The van der Waals surface area contributed by atoms with E-state index in [0.717, 1.165) is 5.56 Å². The summed E-state index contributed by atoms with van der Waals surface area (Å²) in [6.45, 7) is 2.30. The Morgan fingerprint density at radius 3 is 2.56 bits per heavy atom. The van der Waals surface area contributed by atoms with Crippen molar-refractivity contribution in [3.8, 4) is 0 Å². The van der Waals surface area contributed by atoms with Crippen molar-refractivity contribution < 1.29 is 13.2 Å². The monoisotopic (exact) mass is 391 g/mol. The maximum Gasteiger partial charge on any atom is 0.242 e. The number of guanidine groups is 1. The molecule has 3 N–H and O–H groups in total. The van der Waals surface area contributed by atoms with Gasteiger partial charge in [-0.2, -0.15) is 0 Å². The Labute approximate surface area is 160 Å². The second-order valence-electron chi connectivity index (χ2n) is 5.55. The zero-order valence-corrected chi connectivity index (χ0v) is 16.1. The third-order valence-corrected chi connectivity index (χ3v) is 4.97. The van der Waals surface area contributed by atoms with Crippen LogP contribution in [0.5, 0.6) is 0 Å². The number of nitrogens with zero attached hydrogens (tertiary/aromatic N) is 2. The van der Waals surface area contributed by atoms with E-state index >= 15 is 0 Å². The highest BCUT2D eigenvalue weighted by molar-refractivity contribution is 7.89. The lowest BCUT2D eigenvalue weighted by Gasteiger charge is -2.12. The van der Waals surface area contributed by atoms with Gasteiger partial charge in [-0.1, -0.05) is 30.3 Å². The molecule has 0 unspecified atom stereocenters. The Morgan fingerprint density at radius 2 is 1.85 bits per heavy atom. The lowest BCUT2D eigenvalue weighted by molar-refractivity contribution is 0.125. The lowest BCUT2D eigenvalue weighted by Crippen LogP contribution is -2.42. The Balaban J connectivity index is 1.60. The van der Waals surface area contributed by atoms with Gasteiger partial charge in [0.1, 0.15) is 4.90 Å². The summed E-state index contributed by atoms with van der Waals surface area (Å²) < 4.78 is 32.2. The SMILES string of the molecule is CN=C(NCCNS(=O)(=O)c1cccnc1)NCCOCc1ccccc1. The molecular weight excluding hydrogens is 366 g/mol. The van der Waals surface area contributed by atoms with Crippen LogP contribution in [0, 0.1) is 0 Å². The number of hydrogen-bond donors (Lipinski definition) is 3. The van der Waals surface area contributed by atoms with Crippen LogP contribution in [-0.2, 0) is 21.4 Å². The van der Waals surface area contributed by atoms with Gasteiger partial charge in [0.05, 0.1) is 13.2 Å². The van der Waals surface area contributed by atoms with E-state index in [2.05, 4.69) is 25.3 Å². The molecule has 0 aliphatic heterocycles. The van der Waals surface area contributed by atoms with E-state index in [1.165, 1.54) is 18.5 Å². The number of aromatic nitrogens is 1. The van der Waals surface area contributed by atoms with Crippen molar-refractivity contribution in [1.29, 1.82) is 0 Å². The van der Waals surface area contributed by atoms with E-state index in [0.29, 0.717) is 32.3 Å². The smallest absolute Gasteiger partial charge is 0.242 e. The average Bonchev–Trinajstić information content (AvgIpc) is 2.70. The second-order valence-corrected chi connectivity index (χ2v) is 7.32. The van der Waals surface area contributed by atoms with Crippen LogP contribution < -0.4 is 15.4 Å². The van der Waals surface area contributed by atoms with E-state index in [9.17, 15) is 8.42 Å². The van der Waals surface area contributed by atoms with Gasteiger partial charge in [-0.25, -0.2) is 13.1 Å². The minimum absolute atomic E-state index is 0.142. The first-order valence-corrected chi connectivity index (χ1v) is 10.1. The highest BCUT2D eigenvalue weighted by Crippen LogP contribution is 2.04. The van der Waals surface area contributed by atoms with Crippen molar-refractivity contribution in [2.75, 3.05) is 33.3 Å². The predicted molar refractivity (Wildman–Crippen MR) is 105 cm³/mol. The van der Waals surface area contributed by atoms with Gasteiger partial charge in [-0.15, -0.1) is 0 Å². The third-order valence-electron chi connectivity index (χ3n) is 3.53. The Hall–Kier alpha value is -2.49. The summed E-state index contributed by atoms with van der Waals surface area (Å²) in [6.07, 6.45) is 2.84. The molecule has 2 rings (SSSR count). The van der Waals surface area contributed by atoms with Crippen LogP contribution in [0.2, 0.25) is 0 Å². The minimum atomic E-state index is -3.55. The first kappa shape index (κ1) is 20.8. The maximum absolute atomic E-state index is 12.1. The quantitative estimate of drug-likeness (QED) is 0.314. The number of rotatable bonds is 10. The molecule has 0 atom stereocenters. The van der Waals surface area contributed by atoms with Crippen LogP contribution in [-0.4, -0.2) is 52.7 Å². The molecule has 1 aromatic heterocycles. The van der Waals surface area contributed by atoms with Crippen LogP contribution in [0.25, 0.3) is 0 Å². The van der Waals surface area contributed by atoms with Crippen molar-refractivity contribution in [3.63, 3.8) is 0 Å². The van der Waals surface area contributed by atoms with Gasteiger partial charge in [0.15, 0.2) is 5.96 Å². The zero-order valence-electron chi connectivity index (χ0n) is 15.3. The molecule has 0 spiro atoms. The van der Waals surface area contributed by atoms with Crippen LogP contribution in [0.4, 0.5) is 0 Å². The van der Waals surface area contributed by atoms with Gasteiger partial charge in [0.25, 0.3) is 0 Å². The van der Waals surface area contributed by atoms with Gasteiger partial charge in [0.2, 0.25) is 10.0 Å². The van der Waals surface area contributed by atoms with Crippen molar-refractivity contribution in [3.05, 3.63) is 60.4 Å². The van der Waals surface area contributed by atoms with Gasteiger partial charge in [-0.05, 0) is 17.7 Å². The number of benzene rings is 1. The van der Waals surface area contributed by atoms with E-state index in [1.807, 2.05) is 30.3 Å². The molecule has 27 heavy (non-hydrogen) atoms. The second kappa shape index (κ2) is 11.3. The van der Waals surface area contributed by atoms with Crippen LogP contribution in [0.1, 0.15) is 5.56 Å². The number of ether oxygens (including phenoxy) is 1. The first-order chi connectivity index (χ1) is 13.1. The maximum atomic E-state index is 12.1. The average molecular weight is 391 g/mol. The topological polar surface area (TPSA) is 105 Å². The normalized spacial score (nSPS) is 12.0. The Morgan fingerprint density at radius 1 is 1.07 bits per heavy atom. The van der Waals surface area contributed by atoms with Crippen LogP contribution in [0.3, 0.4) is 0 Å². The molecule has 0 aliphatic rings.